The van der Waals surface area contributed by atoms with Crippen LogP contribution in [0.4, 0.5) is 9.59 Å². The maximum Gasteiger partial charge on any atom is 0.408 e. The fourth-order valence-electron chi connectivity index (χ4n) is 2.49. The van der Waals surface area contributed by atoms with Gasteiger partial charge in [0.25, 0.3) is 0 Å². The van der Waals surface area contributed by atoms with Crippen LogP contribution in [0.15, 0.2) is 24.4 Å². The number of carbonyl (C=O) groups is 2. The van der Waals surface area contributed by atoms with Gasteiger partial charge in [0.15, 0.2) is 12.5 Å². The topological polar surface area (TPSA) is 92.8 Å². The molecule has 0 radical (unpaired) electrons. The fourth-order valence-corrected chi connectivity index (χ4v) is 2.49. The lowest BCUT2D eigenvalue weighted by Crippen LogP contribution is -2.46. The van der Waals surface area contributed by atoms with Gasteiger partial charge in [-0.05, 0) is 38.8 Å². The van der Waals surface area contributed by atoms with E-state index in [0.717, 1.165) is 31.4 Å². The number of rotatable bonds is 12. The molecule has 8 heteroatoms. The third kappa shape index (κ3) is 9.55. The van der Waals surface area contributed by atoms with Crippen molar-refractivity contribution in [3.05, 3.63) is 30.1 Å². The van der Waals surface area contributed by atoms with E-state index in [1.165, 1.54) is 0 Å². The molecule has 1 heterocycles. The number of alkyl carbamates (subject to hydrolysis) is 2. The summed E-state index contributed by atoms with van der Waals surface area (Å²) in [5.74, 6) is 0. The Morgan fingerprint density at radius 3 is 1.96 bits per heavy atom. The first-order valence-corrected chi connectivity index (χ1v) is 10.0. The zero-order valence-electron chi connectivity index (χ0n) is 17.4. The highest BCUT2D eigenvalue weighted by molar-refractivity contribution is 5.67. The fraction of sp³-hybridized carbons (Fsp3) is 0.650. The summed E-state index contributed by atoms with van der Waals surface area (Å²) in [6.07, 6.45) is 3.23. The van der Waals surface area contributed by atoms with Gasteiger partial charge in [0.2, 0.25) is 0 Å². The van der Waals surface area contributed by atoms with E-state index >= 15 is 0 Å². The van der Waals surface area contributed by atoms with Gasteiger partial charge in [-0.1, -0.05) is 32.8 Å². The zero-order valence-corrected chi connectivity index (χ0v) is 17.4. The number of hydrogen-bond acceptors (Lipinski definition) is 6. The van der Waals surface area contributed by atoms with Crippen LogP contribution in [-0.2, 0) is 16.0 Å². The van der Waals surface area contributed by atoms with Crippen molar-refractivity contribution >= 4 is 12.2 Å². The normalized spacial score (nSPS) is 12.9. The van der Waals surface area contributed by atoms with E-state index in [1.54, 1.807) is 24.9 Å². The Hall–Kier alpha value is -2.35. The van der Waals surface area contributed by atoms with Gasteiger partial charge >= 0.3 is 12.2 Å². The summed E-state index contributed by atoms with van der Waals surface area (Å²) in [5, 5.41) is 5.45. The molecule has 0 aliphatic rings. The number of pyridine rings is 1. The summed E-state index contributed by atoms with van der Waals surface area (Å²) in [6, 6.07) is 5.58. The minimum absolute atomic E-state index is 0.369. The second kappa shape index (κ2) is 13.8. The molecule has 28 heavy (non-hydrogen) atoms. The Morgan fingerprint density at radius 2 is 1.54 bits per heavy atom. The number of hydrogen-bond donors (Lipinski definition) is 2. The van der Waals surface area contributed by atoms with E-state index in [2.05, 4.69) is 29.5 Å². The van der Waals surface area contributed by atoms with Gasteiger partial charge in [-0.3, -0.25) is 4.98 Å². The van der Waals surface area contributed by atoms with Crippen molar-refractivity contribution in [1.82, 2.24) is 20.5 Å². The van der Waals surface area contributed by atoms with Crippen LogP contribution in [0.1, 0.15) is 59.1 Å². The number of amides is 2. The molecule has 1 aromatic rings. The SMILES string of the molecule is CCCCNC(=O)OC(C)N(Cc1ccccn1)C(C)OC(=O)NCCCC. The average molecular weight is 395 g/mol. The molecule has 0 aromatic carbocycles. The Labute approximate surface area is 168 Å². The minimum atomic E-state index is -0.609. The molecular formula is C20H34N4O4. The van der Waals surface area contributed by atoms with Crippen LogP contribution in [0.25, 0.3) is 0 Å². The van der Waals surface area contributed by atoms with Gasteiger partial charge < -0.3 is 20.1 Å². The summed E-state index contributed by atoms with van der Waals surface area (Å²) >= 11 is 0. The van der Waals surface area contributed by atoms with Crippen molar-refractivity contribution in [2.75, 3.05) is 13.1 Å². The molecule has 1 aromatic heterocycles. The lowest BCUT2D eigenvalue weighted by Gasteiger charge is -2.32. The summed E-state index contributed by atoms with van der Waals surface area (Å²) in [4.78, 5) is 30.1. The molecule has 0 spiro atoms. The number of nitrogens with one attached hydrogen (secondary N) is 2. The van der Waals surface area contributed by atoms with Gasteiger partial charge in [-0.25, -0.2) is 14.5 Å². The highest BCUT2D eigenvalue weighted by atomic mass is 16.6. The molecule has 2 N–H and O–H groups in total. The molecule has 158 valence electrons. The molecule has 0 aliphatic heterocycles. The molecule has 8 nitrogen and oxygen atoms in total. The van der Waals surface area contributed by atoms with Crippen molar-refractivity contribution in [3.8, 4) is 0 Å². The van der Waals surface area contributed by atoms with E-state index in [-0.39, 0.29) is 0 Å². The highest BCUT2D eigenvalue weighted by Crippen LogP contribution is 2.13. The molecule has 2 amide bonds. The highest BCUT2D eigenvalue weighted by Gasteiger charge is 2.26. The van der Waals surface area contributed by atoms with Crippen LogP contribution >= 0.6 is 0 Å². The molecule has 0 saturated heterocycles. The smallest absolute Gasteiger partial charge is 0.408 e. The lowest BCUT2D eigenvalue weighted by atomic mass is 10.3. The van der Waals surface area contributed by atoms with E-state index in [4.69, 9.17) is 9.47 Å². The van der Waals surface area contributed by atoms with Crippen LogP contribution in [-0.4, -0.2) is 47.6 Å². The monoisotopic (exact) mass is 394 g/mol. The molecule has 2 atom stereocenters. The van der Waals surface area contributed by atoms with E-state index in [1.807, 2.05) is 18.2 Å². The van der Waals surface area contributed by atoms with Crippen molar-refractivity contribution < 1.29 is 19.1 Å². The summed E-state index contributed by atoms with van der Waals surface area (Å²) in [5.41, 5.74) is 0.784. The Kier molecular flexibility index (Phi) is 11.6. The Balaban J connectivity index is 2.71. The maximum atomic E-state index is 12.0. The predicted molar refractivity (Wildman–Crippen MR) is 107 cm³/mol. The van der Waals surface area contributed by atoms with Crippen LogP contribution < -0.4 is 10.6 Å². The molecule has 2 unspecified atom stereocenters. The van der Waals surface area contributed by atoms with Gasteiger partial charge in [-0.15, -0.1) is 0 Å². The number of nitrogens with zero attached hydrogens (tertiary/aromatic N) is 2. The summed E-state index contributed by atoms with van der Waals surface area (Å²) < 4.78 is 10.9. The molecule has 0 bridgehead atoms. The van der Waals surface area contributed by atoms with Gasteiger partial charge in [0, 0.05) is 25.8 Å². The number of unbranched alkanes of at least 4 members (excludes halogenated alkanes) is 2. The van der Waals surface area contributed by atoms with Crippen molar-refractivity contribution in [1.29, 1.82) is 0 Å². The molecule has 0 fully saturated rings. The molecular weight excluding hydrogens is 360 g/mol. The third-order valence-electron chi connectivity index (χ3n) is 4.16. The quantitative estimate of drug-likeness (QED) is 0.415. The van der Waals surface area contributed by atoms with Crippen LogP contribution in [0.2, 0.25) is 0 Å². The predicted octanol–water partition coefficient (Wildman–Crippen LogP) is 3.63. The Morgan fingerprint density at radius 1 is 1.00 bits per heavy atom. The first-order chi connectivity index (χ1) is 13.5. The van der Waals surface area contributed by atoms with Crippen LogP contribution in [0, 0.1) is 0 Å². The molecule has 1 rings (SSSR count). The minimum Gasteiger partial charge on any atom is -0.430 e. The van der Waals surface area contributed by atoms with Crippen LogP contribution in [0.5, 0.6) is 0 Å². The van der Waals surface area contributed by atoms with E-state index in [9.17, 15) is 9.59 Å². The maximum absolute atomic E-state index is 12.0. The van der Waals surface area contributed by atoms with Gasteiger partial charge in [0.1, 0.15) is 0 Å². The first kappa shape index (κ1) is 23.7. The largest absolute Gasteiger partial charge is 0.430 e. The number of ether oxygens (including phenoxy) is 2. The van der Waals surface area contributed by atoms with Crippen LogP contribution in [0.3, 0.4) is 0 Å². The van der Waals surface area contributed by atoms with E-state index in [0.29, 0.717) is 19.6 Å². The second-order valence-electron chi connectivity index (χ2n) is 6.56. The van der Waals surface area contributed by atoms with E-state index < -0.39 is 24.6 Å². The third-order valence-corrected chi connectivity index (χ3v) is 4.16. The second-order valence-corrected chi connectivity index (χ2v) is 6.56. The first-order valence-electron chi connectivity index (χ1n) is 10.0. The zero-order chi connectivity index (χ0) is 20.8. The molecule has 0 saturated carbocycles. The molecule has 0 aliphatic carbocycles. The lowest BCUT2D eigenvalue weighted by molar-refractivity contribution is -0.0973. The number of carbonyl (C=O) groups excluding carboxylic acids is 2. The van der Waals surface area contributed by atoms with Crippen molar-refractivity contribution in [2.24, 2.45) is 0 Å². The summed E-state index contributed by atoms with van der Waals surface area (Å²) in [6.45, 7) is 9.09. The van der Waals surface area contributed by atoms with Crippen molar-refractivity contribution in [3.63, 3.8) is 0 Å². The Bertz CT molecular complexity index is 541. The average Bonchev–Trinajstić information content (AvgIpc) is 2.67. The standard InChI is InChI=1S/C20H34N4O4/c1-5-7-12-22-19(25)27-16(3)24(15-18-11-9-10-14-21-18)17(4)28-20(26)23-13-8-6-2/h9-11,14,16-17H,5-8,12-13,15H2,1-4H3,(H,22,25)(H,23,26). The summed E-state index contributed by atoms with van der Waals surface area (Å²) in [7, 11) is 0. The van der Waals surface area contributed by atoms with Gasteiger partial charge in [0.05, 0.1) is 5.69 Å². The number of aromatic nitrogens is 1. The van der Waals surface area contributed by atoms with Crippen molar-refractivity contribution in [2.45, 2.75) is 72.4 Å². The van der Waals surface area contributed by atoms with Gasteiger partial charge in [-0.2, -0.15) is 0 Å².